The zero-order valence-electron chi connectivity index (χ0n) is 24.3. The number of amides is 3. The normalized spacial score (nSPS) is 22.0. The highest BCUT2D eigenvalue weighted by atomic mass is 19.4. The molecule has 1 saturated heterocycles. The van der Waals surface area contributed by atoms with Gasteiger partial charge in [0.25, 0.3) is 11.5 Å². The fraction of sp³-hybridized carbons (Fsp3) is 0.679. The number of nitrogens with one attached hydrogen (secondary N) is 2. The zero-order chi connectivity index (χ0) is 32.3. The first-order valence-corrected chi connectivity index (χ1v) is 13.5. The highest BCUT2D eigenvalue weighted by Crippen LogP contribution is 2.62. The number of H-pyrrole nitrogens is 1. The van der Waals surface area contributed by atoms with Gasteiger partial charge in [0.05, 0.1) is 6.07 Å². The van der Waals surface area contributed by atoms with E-state index in [1.165, 1.54) is 6.07 Å². The Balaban J connectivity index is 0.000000246. The number of likely N-dealkylation sites (tertiary alicyclic amines) is 1. The highest BCUT2D eigenvalue weighted by molar-refractivity contribution is 5.79. The van der Waals surface area contributed by atoms with E-state index in [1.807, 2.05) is 6.07 Å². The predicted octanol–water partition coefficient (Wildman–Crippen LogP) is 3.25. The number of nitrogens with zero attached hydrogens (tertiary/aromatic N) is 2. The van der Waals surface area contributed by atoms with E-state index in [9.17, 15) is 36.3 Å². The average molecular weight is 604 g/mol. The predicted molar refractivity (Wildman–Crippen MR) is 143 cm³/mol. The van der Waals surface area contributed by atoms with Crippen molar-refractivity contribution in [3.63, 3.8) is 0 Å². The maximum atomic E-state index is 13.4. The van der Waals surface area contributed by atoms with Gasteiger partial charge in [-0.05, 0) is 40.7 Å². The van der Waals surface area contributed by atoms with E-state index >= 15 is 0 Å². The summed E-state index contributed by atoms with van der Waals surface area (Å²) < 4.78 is 58.8. The minimum atomic E-state index is -4.86. The van der Waals surface area contributed by atoms with Crippen molar-refractivity contribution in [1.29, 1.82) is 5.26 Å². The lowest BCUT2D eigenvalue weighted by molar-refractivity contribution is -0.169. The maximum absolute atomic E-state index is 13.4. The summed E-state index contributed by atoms with van der Waals surface area (Å²) in [6.45, 7) is 13.1. The summed E-state index contributed by atoms with van der Waals surface area (Å²) in [4.78, 5) is 47.9. The number of nitrogens with two attached hydrogens (primary N) is 1. The number of nitriles is 1. The fourth-order valence-corrected chi connectivity index (χ4v) is 5.21. The molecule has 0 spiro atoms. The van der Waals surface area contributed by atoms with Crippen molar-refractivity contribution >= 4 is 18.2 Å². The SMILES string of the molecule is CC(C)(C)CC(=O)N1CC2[C@H](C1)C2(C)C.N#CC(Cc1cc2c([nH]c1=O)CCC(F)(F)C2)NC=O.NC(=O)C(F)(F)F. The molecule has 0 radical (unpaired) electrons. The molecule has 1 aromatic heterocycles. The first-order valence-electron chi connectivity index (χ1n) is 13.5. The average Bonchev–Trinajstić information content (AvgIpc) is 3.17. The van der Waals surface area contributed by atoms with E-state index in [1.54, 1.807) is 0 Å². The standard InChI is InChI=1S/C13H13F2N3O2.C13H23NO.C2H2F3NO/c14-13(15)2-1-11-9(5-13)3-8(12(20)18-11)4-10(6-16)17-7-19;1-12(2,3)6-11(15)14-7-9-10(8-14)13(9,4)5;3-2(4,5)1(6)7/h3,7,10H,1-2,4-5H2,(H,17,19)(H,18,20);9-10H,6-8H2,1-5H3;(H2,6,7)/t;9-,10?;/m.0./s1. The molecule has 1 aliphatic heterocycles. The monoisotopic (exact) mass is 603 g/mol. The Hall–Kier alpha value is -3.50. The Morgan fingerprint density at radius 2 is 1.79 bits per heavy atom. The minimum absolute atomic E-state index is 0.0105. The number of fused-ring (bicyclic) bond motifs is 2. The number of hydrogen-bond acceptors (Lipinski definition) is 5. The van der Waals surface area contributed by atoms with Crippen LogP contribution in [0.4, 0.5) is 22.0 Å². The molecule has 3 aliphatic rings. The van der Waals surface area contributed by atoms with Gasteiger partial charge in [0.1, 0.15) is 6.04 Å². The second kappa shape index (κ2) is 12.8. The van der Waals surface area contributed by atoms with Crippen LogP contribution in [-0.4, -0.2) is 59.3 Å². The van der Waals surface area contributed by atoms with E-state index in [0.717, 1.165) is 24.9 Å². The molecular weight excluding hydrogens is 565 g/mol. The van der Waals surface area contributed by atoms with Gasteiger partial charge in [0, 0.05) is 50.0 Å². The molecule has 2 unspecified atom stereocenters. The van der Waals surface area contributed by atoms with Crippen LogP contribution in [0.5, 0.6) is 0 Å². The Labute approximate surface area is 241 Å². The first-order chi connectivity index (χ1) is 19.1. The van der Waals surface area contributed by atoms with Gasteiger partial charge in [-0.15, -0.1) is 0 Å². The van der Waals surface area contributed by atoms with Gasteiger partial charge in [-0.2, -0.15) is 18.4 Å². The summed E-state index contributed by atoms with van der Waals surface area (Å²) in [5.41, 5.74) is 5.20. The molecule has 9 nitrogen and oxygen atoms in total. The summed E-state index contributed by atoms with van der Waals surface area (Å²) in [5, 5.41) is 11.1. The van der Waals surface area contributed by atoms with E-state index in [4.69, 9.17) is 10.1 Å². The third-order valence-electron chi connectivity index (χ3n) is 7.77. The zero-order valence-corrected chi connectivity index (χ0v) is 24.3. The topological polar surface area (TPSA) is 149 Å². The third-order valence-corrected chi connectivity index (χ3v) is 7.77. The second-order valence-corrected chi connectivity index (χ2v) is 12.8. The third kappa shape index (κ3) is 9.52. The largest absolute Gasteiger partial charge is 0.470 e. The Kier molecular flexibility index (Phi) is 10.6. The van der Waals surface area contributed by atoms with Crippen molar-refractivity contribution in [2.45, 2.75) is 84.9 Å². The van der Waals surface area contributed by atoms with Crippen molar-refractivity contribution in [3.05, 3.63) is 33.2 Å². The number of aromatic amines is 1. The smallest absolute Gasteiger partial charge is 0.362 e. The molecule has 234 valence electrons. The molecule has 1 saturated carbocycles. The number of primary amides is 1. The van der Waals surface area contributed by atoms with Gasteiger partial charge in [-0.1, -0.05) is 34.6 Å². The first kappa shape index (κ1) is 34.7. The van der Waals surface area contributed by atoms with Gasteiger partial charge < -0.3 is 20.9 Å². The number of rotatable bonds is 5. The molecule has 0 bridgehead atoms. The van der Waals surface area contributed by atoms with Crippen molar-refractivity contribution in [3.8, 4) is 6.07 Å². The summed E-state index contributed by atoms with van der Waals surface area (Å²) in [6, 6.07) is 2.40. The van der Waals surface area contributed by atoms with Crippen LogP contribution in [0.15, 0.2) is 10.9 Å². The van der Waals surface area contributed by atoms with Crippen molar-refractivity contribution in [2.24, 2.45) is 28.4 Å². The summed E-state index contributed by atoms with van der Waals surface area (Å²) in [5.74, 6) is -3.11. The van der Waals surface area contributed by atoms with Crippen molar-refractivity contribution in [1.82, 2.24) is 15.2 Å². The molecule has 2 heterocycles. The molecule has 4 rings (SSSR count). The van der Waals surface area contributed by atoms with E-state index in [-0.39, 0.29) is 30.2 Å². The molecule has 3 atom stereocenters. The number of aromatic nitrogens is 1. The highest BCUT2D eigenvalue weighted by Gasteiger charge is 2.62. The molecule has 3 amide bonds. The number of aryl methyl sites for hydroxylation is 1. The van der Waals surface area contributed by atoms with Crippen LogP contribution in [0.2, 0.25) is 0 Å². The van der Waals surface area contributed by atoms with E-state index < -0.39 is 36.0 Å². The fourth-order valence-electron chi connectivity index (χ4n) is 5.21. The minimum Gasteiger partial charge on any atom is -0.362 e. The number of hydrogen-bond donors (Lipinski definition) is 3. The number of piperidine rings is 1. The van der Waals surface area contributed by atoms with Gasteiger partial charge in [0.2, 0.25) is 12.3 Å². The van der Waals surface area contributed by atoms with Gasteiger partial charge in [0.15, 0.2) is 0 Å². The van der Waals surface area contributed by atoms with Crippen LogP contribution in [-0.2, 0) is 33.6 Å². The van der Waals surface area contributed by atoms with Crippen LogP contribution in [0.25, 0.3) is 0 Å². The number of halogens is 5. The van der Waals surface area contributed by atoms with Crippen molar-refractivity contribution in [2.75, 3.05) is 13.1 Å². The summed E-state index contributed by atoms with van der Waals surface area (Å²) >= 11 is 0. The lowest BCUT2D eigenvalue weighted by atomic mass is 9.91. The van der Waals surface area contributed by atoms with Crippen molar-refractivity contribution < 1.29 is 36.3 Å². The van der Waals surface area contributed by atoms with Crippen LogP contribution in [0.1, 0.15) is 64.3 Å². The molecule has 2 aliphatic carbocycles. The number of alkyl halides is 5. The molecule has 14 heteroatoms. The van der Waals surface area contributed by atoms with Crippen LogP contribution in [0, 0.1) is 34.0 Å². The Morgan fingerprint density at radius 3 is 2.24 bits per heavy atom. The van der Waals surface area contributed by atoms with Gasteiger partial charge >= 0.3 is 12.1 Å². The Bertz CT molecular complexity index is 1250. The van der Waals surface area contributed by atoms with Crippen LogP contribution < -0.4 is 16.6 Å². The lowest BCUT2D eigenvalue weighted by Gasteiger charge is -2.26. The van der Waals surface area contributed by atoms with Gasteiger partial charge in [-0.25, -0.2) is 8.78 Å². The lowest BCUT2D eigenvalue weighted by Crippen LogP contribution is -2.35. The molecule has 4 N–H and O–H groups in total. The molecular formula is C28H38F5N5O4. The summed E-state index contributed by atoms with van der Waals surface area (Å²) in [7, 11) is 0. The number of carbonyl (C=O) groups is 3. The Morgan fingerprint density at radius 1 is 1.24 bits per heavy atom. The molecule has 2 fully saturated rings. The molecule has 42 heavy (non-hydrogen) atoms. The second-order valence-electron chi connectivity index (χ2n) is 12.8. The maximum Gasteiger partial charge on any atom is 0.470 e. The molecule has 0 aromatic carbocycles. The quantitative estimate of drug-likeness (QED) is 0.349. The van der Waals surface area contributed by atoms with Gasteiger partial charge in [-0.3, -0.25) is 19.2 Å². The number of carbonyl (C=O) groups excluding carboxylic acids is 3. The number of pyridine rings is 1. The van der Waals surface area contributed by atoms with Crippen LogP contribution >= 0.6 is 0 Å². The molecule has 1 aromatic rings. The van der Waals surface area contributed by atoms with Crippen LogP contribution in [0.3, 0.4) is 0 Å². The van der Waals surface area contributed by atoms with E-state index in [2.05, 4.69) is 55.6 Å². The van der Waals surface area contributed by atoms with E-state index in [0.29, 0.717) is 35.4 Å². The summed E-state index contributed by atoms with van der Waals surface area (Å²) in [6.07, 6.45) is -4.37.